The van der Waals surface area contributed by atoms with Crippen LogP contribution in [-0.2, 0) is 6.18 Å². The molecular formula is C13H12F3N3O4. The van der Waals surface area contributed by atoms with Gasteiger partial charge >= 0.3 is 12.3 Å². The average molecular weight is 331 g/mol. The van der Waals surface area contributed by atoms with Crippen LogP contribution < -0.4 is 4.74 Å². The van der Waals surface area contributed by atoms with Crippen LogP contribution in [-0.4, -0.2) is 64.2 Å². The molecule has 1 aromatic heterocycles. The van der Waals surface area contributed by atoms with Gasteiger partial charge in [-0.25, -0.2) is 9.78 Å². The van der Waals surface area contributed by atoms with Gasteiger partial charge in [-0.15, -0.1) is 0 Å². The van der Waals surface area contributed by atoms with Gasteiger partial charge in [0, 0.05) is 25.8 Å². The number of alkyl halides is 3. The van der Waals surface area contributed by atoms with Crippen molar-refractivity contribution in [2.75, 3.05) is 26.2 Å². The molecule has 3 heterocycles. The fourth-order valence-corrected chi connectivity index (χ4v) is 2.63. The summed E-state index contributed by atoms with van der Waals surface area (Å²) in [7, 11) is 0. The lowest BCUT2D eigenvalue weighted by atomic mass is 10.1. The average Bonchev–Trinajstić information content (AvgIpc) is 2.63. The predicted octanol–water partition coefficient (Wildman–Crippen LogP) is 1.30. The van der Waals surface area contributed by atoms with Crippen molar-refractivity contribution in [1.29, 1.82) is 0 Å². The molecule has 23 heavy (non-hydrogen) atoms. The minimum atomic E-state index is -4.59. The van der Waals surface area contributed by atoms with E-state index in [9.17, 15) is 22.8 Å². The lowest BCUT2D eigenvalue weighted by Gasteiger charge is -2.38. The Hall–Kier alpha value is -2.52. The van der Waals surface area contributed by atoms with Crippen LogP contribution in [0.3, 0.4) is 0 Å². The van der Waals surface area contributed by atoms with Gasteiger partial charge in [0.05, 0.1) is 11.6 Å². The molecule has 0 aliphatic carbocycles. The van der Waals surface area contributed by atoms with Crippen LogP contribution in [0.25, 0.3) is 0 Å². The summed E-state index contributed by atoms with van der Waals surface area (Å²) in [5.74, 6) is -0.789. The van der Waals surface area contributed by atoms with Crippen LogP contribution in [0.5, 0.6) is 5.75 Å². The number of hydrogen-bond acceptors (Lipinski definition) is 4. The molecule has 3 rings (SSSR count). The number of rotatable bonds is 0. The zero-order valence-electron chi connectivity index (χ0n) is 11.7. The molecule has 7 nitrogen and oxygen atoms in total. The highest BCUT2D eigenvalue weighted by atomic mass is 19.4. The molecule has 2 aliphatic rings. The molecule has 0 aromatic carbocycles. The van der Waals surface area contributed by atoms with Crippen molar-refractivity contribution < 1.29 is 32.6 Å². The Labute approximate surface area is 128 Å². The Morgan fingerprint density at radius 2 is 2.13 bits per heavy atom. The summed E-state index contributed by atoms with van der Waals surface area (Å²) in [6, 6.07) is 0.184. The standard InChI is InChI=1S/C13H12F3N3O4/c14-13(15,16)7-3-9-10(17-4-7)11(20)19-2-1-18(12(21)22)5-8(19)6-23-9/h3-4,8H,1-2,5-6H2,(H,21,22)/t8-/m1/s1. The van der Waals surface area contributed by atoms with E-state index < -0.39 is 29.8 Å². The molecule has 2 aliphatic heterocycles. The zero-order chi connectivity index (χ0) is 16.8. The molecular weight excluding hydrogens is 319 g/mol. The molecule has 1 saturated heterocycles. The Bertz CT molecular complexity index is 664. The van der Waals surface area contributed by atoms with Gasteiger partial charge in [0.15, 0.2) is 11.4 Å². The molecule has 0 unspecified atom stereocenters. The van der Waals surface area contributed by atoms with Crippen molar-refractivity contribution in [2.24, 2.45) is 0 Å². The zero-order valence-corrected chi connectivity index (χ0v) is 11.7. The maximum Gasteiger partial charge on any atom is 0.418 e. The number of carbonyl (C=O) groups excluding carboxylic acids is 1. The fraction of sp³-hybridized carbons (Fsp3) is 0.462. The van der Waals surface area contributed by atoms with Crippen molar-refractivity contribution >= 4 is 12.0 Å². The molecule has 0 spiro atoms. The van der Waals surface area contributed by atoms with Gasteiger partial charge in [-0.05, 0) is 6.07 Å². The van der Waals surface area contributed by atoms with Crippen LogP contribution in [0.1, 0.15) is 16.1 Å². The molecule has 2 amide bonds. The molecule has 1 atom stereocenters. The van der Waals surface area contributed by atoms with E-state index in [0.717, 1.165) is 11.0 Å². The molecule has 1 N–H and O–H groups in total. The smallest absolute Gasteiger partial charge is 0.418 e. The first-order valence-electron chi connectivity index (χ1n) is 6.76. The third-order valence-corrected chi connectivity index (χ3v) is 3.83. The first kappa shape index (κ1) is 15.4. The lowest BCUT2D eigenvalue weighted by Crippen LogP contribution is -2.57. The first-order valence-corrected chi connectivity index (χ1v) is 6.76. The monoisotopic (exact) mass is 331 g/mol. The summed E-state index contributed by atoms with van der Waals surface area (Å²) in [4.78, 5) is 29.6. The van der Waals surface area contributed by atoms with E-state index in [1.807, 2.05) is 0 Å². The summed E-state index contributed by atoms with van der Waals surface area (Å²) < 4.78 is 43.5. The van der Waals surface area contributed by atoms with Crippen molar-refractivity contribution in [1.82, 2.24) is 14.8 Å². The minimum absolute atomic E-state index is 0.0428. The number of piperazine rings is 1. The molecule has 0 bridgehead atoms. The largest absolute Gasteiger partial charge is 0.489 e. The molecule has 124 valence electrons. The summed E-state index contributed by atoms with van der Waals surface area (Å²) in [6.45, 7) is 0.224. The number of fused-ring (bicyclic) bond motifs is 2. The summed E-state index contributed by atoms with van der Waals surface area (Å²) in [6.07, 6.45) is -5.11. The van der Waals surface area contributed by atoms with Crippen LogP contribution in [0.15, 0.2) is 12.3 Å². The van der Waals surface area contributed by atoms with E-state index in [2.05, 4.69) is 4.98 Å². The SMILES string of the molecule is O=C(O)N1CCN2C(=O)c3ncc(C(F)(F)F)cc3OC[C@H]2C1. The van der Waals surface area contributed by atoms with Crippen LogP contribution >= 0.6 is 0 Å². The van der Waals surface area contributed by atoms with Gasteiger partial charge < -0.3 is 19.6 Å². The van der Waals surface area contributed by atoms with Gasteiger partial charge in [-0.2, -0.15) is 13.2 Å². The Morgan fingerprint density at radius 1 is 1.39 bits per heavy atom. The van der Waals surface area contributed by atoms with Crippen molar-refractivity contribution in [3.8, 4) is 5.75 Å². The van der Waals surface area contributed by atoms with Gasteiger partial charge in [-0.3, -0.25) is 4.79 Å². The first-order chi connectivity index (χ1) is 10.8. The van der Waals surface area contributed by atoms with Crippen LogP contribution in [0.4, 0.5) is 18.0 Å². The van der Waals surface area contributed by atoms with E-state index in [1.165, 1.54) is 4.90 Å². The molecule has 0 saturated carbocycles. The number of hydrogen-bond donors (Lipinski definition) is 1. The highest BCUT2D eigenvalue weighted by Crippen LogP contribution is 2.33. The van der Waals surface area contributed by atoms with E-state index in [-0.39, 0.29) is 37.7 Å². The van der Waals surface area contributed by atoms with Crippen LogP contribution in [0.2, 0.25) is 0 Å². The topological polar surface area (TPSA) is 83.0 Å². The van der Waals surface area contributed by atoms with Gasteiger partial charge in [-0.1, -0.05) is 0 Å². The predicted molar refractivity (Wildman–Crippen MR) is 69.2 cm³/mol. The van der Waals surface area contributed by atoms with Gasteiger partial charge in [0.1, 0.15) is 6.61 Å². The van der Waals surface area contributed by atoms with E-state index in [4.69, 9.17) is 9.84 Å². The Kier molecular flexibility index (Phi) is 3.53. The number of ether oxygens (including phenoxy) is 1. The van der Waals surface area contributed by atoms with E-state index >= 15 is 0 Å². The minimum Gasteiger partial charge on any atom is -0.489 e. The fourth-order valence-electron chi connectivity index (χ4n) is 2.63. The maximum atomic E-state index is 12.7. The molecule has 0 radical (unpaired) electrons. The molecule has 10 heteroatoms. The number of amides is 2. The molecule has 1 aromatic rings. The number of nitrogens with zero attached hydrogens (tertiary/aromatic N) is 3. The quantitative estimate of drug-likeness (QED) is 0.775. The second-order valence-corrected chi connectivity index (χ2v) is 5.26. The Morgan fingerprint density at radius 3 is 2.78 bits per heavy atom. The van der Waals surface area contributed by atoms with Gasteiger partial charge in [0.2, 0.25) is 0 Å². The Balaban J connectivity index is 1.90. The second-order valence-electron chi connectivity index (χ2n) is 5.26. The lowest BCUT2D eigenvalue weighted by molar-refractivity contribution is -0.138. The number of carbonyl (C=O) groups is 2. The van der Waals surface area contributed by atoms with Gasteiger partial charge in [0.25, 0.3) is 5.91 Å². The van der Waals surface area contributed by atoms with E-state index in [0.29, 0.717) is 6.20 Å². The van der Waals surface area contributed by atoms with Crippen LogP contribution in [0, 0.1) is 0 Å². The number of aromatic nitrogens is 1. The highest BCUT2D eigenvalue weighted by molar-refractivity contribution is 5.95. The summed E-state index contributed by atoms with van der Waals surface area (Å²) in [5, 5.41) is 9.01. The van der Waals surface area contributed by atoms with Crippen molar-refractivity contribution in [3.63, 3.8) is 0 Å². The number of halogens is 3. The maximum absolute atomic E-state index is 12.7. The summed E-state index contributed by atoms with van der Waals surface area (Å²) >= 11 is 0. The normalized spacial score (nSPS) is 21.2. The summed E-state index contributed by atoms with van der Waals surface area (Å²) in [5.41, 5.74) is -1.19. The number of pyridine rings is 1. The third kappa shape index (κ3) is 2.76. The van der Waals surface area contributed by atoms with Crippen molar-refractivity contribution in [2.45, 2.75) is 12.2 Å². The molecule has 1 fully saturated rings. The third-order valence-electron chi connectivity index (χ3n) is 3.83. The van der Waals surface area contributed by atoms with E-state index in [1.54, 1.807) is 0 Å². The number of carboxylic acid groups (broad SMARTS) is 1. The highest BCUT2D eigenvalue weighted by Gasteiger charge is 2.39. The second kappa shape index (κ2) is 5.28. The van der Waals surface area contributed by atoms with Crippen molar-refractivity contribution in [3.05, 3.63) is 23.5 Å².